The minimum Gasteiger partial charge on any atom is -0.497 e. The van der Waals surface area contributed by atoms with Crippen LogP contribution < -0.4 is 14.8 Å². The number of nitrogens with one attached hydrogen (secondary N) is 1. The fourth-order valence-corrected chi connectivity index (χ4v) is 3.07. The van der Waals surface area contributed by atoms with Gasteiger partial charge in [0.15, 0.2) is 5.82 Å². The Bertz CT molecular complexity index is 1130. The monoisotopic (exact) mass is 391 g/mol. The number of rotatable bonds is 5. The fraction of sp³-hybridized carbons (Fsp3) is 0.0909. The Morgan fingerprint density at radius 3 is 2.39 bits per heavy atom. The van der Waals surface area contributed by atoms with Crippen LogP contribution in [0.15, 0.2) is 66.7 Å². The summed E-state index contributed by atoms with van der Waals surface area (Å²) in [5.41, 5.74) is 2.48. The van der Waals surface area contributed by atoms with Crippen molar-refractivity contribution in [2.75, 3.05) is 19.5 Å². The number of anilines is 2. The van der Waals surface area contributed by atoms with Gasteiger partial charge < -0.3 is 14.8 Å². The van der Waals surface area contributed by atoms with Crippen LogP contribution in [0.4, 0.5) is 11.5 Å². The van der Waals surface area contributed by atoms with Crippen molar-refractivity contribution in [2.45, 2.75) is 0 Å². The van der Waals surface area contributed by atoms with Crippen LogP contribution in [0.3, 0.4) is 0 Å². The number of para-hydroxylation sites is 1. The molecule has 0 saturated heterocycles. The maximum atomic E-state index is 6.02. The highest BCUT2D eigenvalue weighted by atomic mass is 35.5. The molecule has 1 N–H and O–H groups in total. The number of methoxy groups -OCH3 is 2. The average molecular weight is 392 g/mol. The second-order valence-corrected chi connectivity index (χ2v) is 6.55. The first kappa shape index (κ1) is 18.1. The summed E-state index contributed by atoms with van der Waals surface area (Å²) in [4.78, 5) is 9.47. The van der Waals surface area contributed by atoms with E-state index in [1.54, 1.807) is 14.2 Å². The van der Waals surface area contributed by atoms with Crippen LogP contribution in [0.25, 0.3) is 22.3 Å². The number of hydrogen-bond acceptors (Lipinski definition) is 5. The van der Waals surface area contributed by atoms with Crippen LogP contribution in [0.2, 0.25) is 5.02 Å². The molecule has 3 aromatic carbocycles. The van der Waals surface area contributed by atoms with Crippen molar-refractivity contribution in [3.05, 3.63) is 71.8 Å². The third-order valence-electron chi connectivity index (χ3n) is 4.37. The zero-order valence-corrected chi connectivity index (χ0v) is 16.2. The number of fused-ring (bicyclic) bond motifs is 1. The molecule has 28 heavy (non-hydrogen) atoms. The molecule has 0 aliphatic carbocycles. The number of aromatic nitrogens is 2. The molecule has 1 aromatic heterocycles. The van der Waals surface area contributed by atoms with Gasteiger partial charge in [0.1, 0.15) is 17.3 Å². The second kappa shape index (κ2) is 7.74. The summed E-state index contributed by atoms with van der Waals surface area (Å²) in [6, 6.07) is 20.9. The van der Waals surface area contributed by atoms with Gasteiger partial charge in [-0.3, -0.25) is 0 Å². The Kier molecular flexibility index (Phi) is 5.00. The lowest BCUT2D eigenvalue weighted by Gasteiger charge is -2.14. The van der Waals surface area contributed by atoms with Crippen LogP contribution >= 0.6 is 11.6 Å². The van der Waals surface area contributed by atoms with E-state index < -0.39 is 0 Å². The summed E-state index contributed by atoms with van der Waals surface area (Å²) < 4.78 is 10.8. The molecular weight excluding hydrogens is 374 g/mol. The highest BCUT2D eigenvalue weighted by molar-refractivity contribution is 6.30. The molecule has 0 saturated carbocycles. The highest BCUT2D eigenvalue weighted by Gasteiger charge is 2.12. The van der Waals surface area contributed by atoms with Crippen molar-refractivity contribution in [3.63, 3.8) is 0 Å². The van der Waals surface area contributed by atoms with Gasteiger partial charge in [0.05, 0.1) is 25.4 Å². The van der Waals surface area contributed by atoms with E-state index in [-0.39, 0.29) is 0 Å². The summed E-state index contributed by atoms with van der Waals surface area (Å²) in [5.74, 6) is 2.71. The van der Waals surface area contributed by atoms with Gasteiger partial charge in [-0.1, -0.05) is 23.7 Å². The minimum atomic E-state index is 0.611. The summed E-state index contributed by atoms with van der Waals surface area (Å²) in [7, 11) is 3.26. The average Bonchev–Trinajstić information content (AvgIpc) is 2.74. The third kappa shape index (κ3) is 3.57. The molecule has 0 aliphatic heterocycles. The molecule has 0 aliphatic rings. The maximum absolute atomic E-state index is 6.02. The van der Waals surface area contributed by atoms with Gasteiger partial charge in [-0.2, -0.15) is 0 Å². The van der Waals surface area contributed by atoms with Crippen molar-refractivity contribution in [1.29, 1.82) is 0 Å². The van der Waals surface area contributed by atoms with Gasteiger partial charge in [0.2, 0.25) is 0 Å². The molecule has 5 nitrogen and oxygen atoms in total. The van der Waals surface area contributed by atoms with E-state index in [1.807, 2.05) is 66.7 Å². The largest absolute Gasteiger partial charge is 0.497 e. The lowest BCUT2D eigenvalue weighted by atomic mass is 10.1. The second-order valence-electron chi connectivity index (χ2n) is 6.11. The van der Waals surface area contributed by atoms with Crippen LogP contribution in [-0.2, 0) is 0 Å². The van der Waals surface area contributed by atoms with Crippen molar-refractivity contribution in [2.24, 2.45) is 0 Å². The standard InChI is InChI=1S/C22H18ClN3O2/c1-27-16-11-12-20(28-2)19(13-16)25-22-17-5-3-4-6-18(17)24-21(26-22)14-7-9-15(23)10-8-14/h3-13H,1-2H3,(H,24,25,26). The molecule has 0 spiro atoms. The Hall–Kier alpha value is -3.31. The van der Waals surface area contributed by atoms with Crippen LogP contribution in [-0.4, -0.2) is 24.2 Å². The molecule has 0 bridgehead atoms. The quantitative estimate of drug-likeness (QED) is 0.472. The first-order chi connectivity index (χ1) is 13.7. The van der Waals surface area contributed by atoms with Gasteiger partial charge >= 0.3 is 0 Å². The molecule has 1 heterocycles. The van der Waals surface area contributed by atoms with E-state index in [1.165, 1.54) is 0 Å². The topological polar surface area (TPSA) is 56.3 Å². The van der Waals surface area contributed by atoms with E-state index in [2.05, 4.69) is 5.32 Å². The molecule has 4 rings (SSSR count). The Balaban J connectivity index is 1.85. The summed E-state index contributed by atoms with van der Waals surface area (Å²) in [6.07, 6.45) is 0. The van der Waals surface area contributed by atoms with Crippen molar-refractivity contribution < 1.29 is 9.47 Å². The number of hydrogen-bond donors (Lipinski definition) is 1. The Morgan fingerprint density at radius 2 is 1.64 bits per heavy atom. The molecule has 4 aromatic rings. The lowest BCUT2D eigenvalue weighted by molar-refractivity contribution is 0.405. The normalized spacial score (nSPS) is 10.7. The predicted octanol–water partition coefficient (Wildman–Crippen LogP) is 5.71. The molecule has 0 fully saturated rings. The Morgan fingerprint density at radius 1 is 0.857 bits per heavy atom. The van der Waals surface area contributed by atoms with E-state index >= 15 is 0 Å². The van der Waals surface area contributed by atoms with Crippen molar-refractivity contribution >= 4 is 34.0 Å². The highest BCUT2D eigenvalue weighted by Crippen LogP contribution is 2.34. The predicted molar refractivity (Wildman–Crippen MR) is 113 cm³/mol. The van der Waals surface area contributed by atoms with E-state index in [0.717, 1.165) is 27.9 Å². The number of ether oxygens (including phenoxy) is 2. The van der Waals surface area contributed by atoms with Gasteiger partial charge in [-0.05, 0) is 48.5 Å². The zero-order valence-electron chi connectivity index (χ0n) is 15.4. The van der Waals surface area contributed by atoms with Crippen molar-refractivity contribution in [1.82, 2.24) is 9.97 Å². The SMILES string of the molecule is COc1ccc(OC)c(Nc2nc(-c3ccc(Cl)cc3)nc3ccccc23)c1. The fourth-order valence-electron chi connectivity index (χ4n) is 2.94. The lowest BCUT2D eigenvalue weighted by Crippen LogP contribution is -2.01. The first-order valence-corrected chi connectivity index (χ1v) is 9.07. The van der Waals surface area contributed by atoms with Gasteiger partial charge in [0, 0.05) is 22.0 Å². The molecule has 6 heteroatoms. The van der Waals surface area contributed by atoms with Gasteiger partial charge in [-0.25, -0.2) is 9.97 Å². The summed E-state index contributed by atoms with van der Waals surface area (Å²) in [6.45, 7) is 0. The van der Waals surface area contributed by atoms with Crippen LogP contribution in [0, 0.1) is 0 Å². The molecular formula is C22H18ClN3O2. The molecule has 0 unspecified atom stereocenters. The van der Waals surface area contributed by atoms with Crippen LogP contribution in [0.5, 0.6) is 11.5 Å². The van der Waals surface area contributed by atoms with E-state index in [0.29, 0.717) is 22.4 Å². The summed E-state index contributed by atoms with van der Waals surface area (Å²) >= 11 is 6.02. The van der Waals surface area contributed by atoms with Crippen molar-refractivity contribution in [3.8, 4) is 22.9 Å². The Labute approximate surface area is 167 Å². The zero-order chi connectivity index (χ0) is 19.5. The van der Waals surface area contributed by atoms with Crippen LogP contribution in [0.1, 0.15) is 0 Å². The smallest absolute Gasteiger partial charge is 0.162 e. The van der Waals surface area contributed by atoms with E-state index in [4.69, 9.17) is 31.0 Å². The molecule has 0 amide bonds. The van der Waals surface area contributed by atoms with Gasteiger partial charge in [-0.15, -0.1) is 0 Å². The number of halogens is 1. The number of benzene rings is 3. The maximum Gasteiger partial charge on any atom is 0.162 e. The van der Waals surface area contributed by atoms with E-state index in [9.17, 15) is 0 Å². The molecule has 0 radical (unpaired) electrons. The first-order valence-electron chi connectivity index (χ1n) is 8.69. The minimum absolute atomic E-state index is 0.611. The molecule has 0 atom stereocenters. The van der Waals surface area contributed by atoms with Gasteiger partial charge in [0.25, 0.3) is 0 Å². The molecule has 140 valence electrons. The summed E-state index contributed by atoms with van der Waals surface area (Å²) in [5, 5.41) is 4.96. The number of nitrogens with zero attached hydrogens (tertiary/aromatic N) is 2. The third-order valence-corrected chi connectivity index (χ3v) is 4.62.